The van der Waals surface area contributed by atoms with Gasteiger partial charge in [-0.3, -0.25) is 8.80 Å². The number of hydrogen-bond donors (Lipinski definition) is 4. The Morgan fingerprint density at radius 3 is 1.68 bits per heavy atom. The number of anilines is 1. The Morgan fingerprint density at radius 2 is 1.14 bits per heavy atom. The van der Waals surface area contributed by atoms with Crippen LogP contribution in [0.5, 0.6) is 0 Å². The van der Waals surface area contributed by atoms with E-state index in [4.69, 9.17) is 50.0 Å². The minimum absolute atomic E-state index is 0. The summed E-state index contributed by atoms with van der Waals surface area (Å²) < 4.78 is 14.3. The molecule has 8 aromatic rings. The summed E-state index contributed by atoms with van der Waals surface area (Å²) in [4.78, 5) is 41.2. The zero-order valence-corrected chi connectivity index (χ0v) is 42.6. The molecular formula is C50H54Cl4N14O4. The van der Waals surface area contributed by atoms with Gasteiger partial charge in [0.1, 0.15) is 24.6 Å². The number of alkyl carbamates (subject to hydrolysis) is 2. The number of rotatable bonds is 10. The number of carbonyl (C=O) groups is 2. The monoisotopic (exact) mass is 1050 g/mol. The normalized spacial score (nSPS) is 19.3. The molecule has 5 N–H and O–H groups in total. The van der Waals surface area contributed by atoms with E-state index in [1.54, 1.807) is 10.6 Å². The molecule has 2 aliphatic rings. The summed E-state index contributed by atoms with van der Waals surface area (Å²) in [6.45, 7) is 4.62. The maximum Gasteiger partial charge on any atom is 0.407 e. The summed E-state index contributed by atoms with van der Waals surface area (Å²) in [5, 5.41) is 26.8. The Kier molecular flexibility index (Phi) is 18.2. The standard InChI is InChI=1S/C25H26ClN7O2.C15H22N2O2.C10H5Cl2N5.ClH/c1-25(30-24(34)35-16-17-8-3-2-4-9-17)12-7-10-18(14-25)28-23-27-15-19(26)21(29-23)22-32-31-20-11-5-6-13-33(20)22;1-15(9-5-8-13(16)10-15)17-14(18)19-11-12-6-3-2-4-7-12;11-6-5-13-10(12)14-8(6)9-16-15-7-3-1-2-4-17(7)9;/h2-6,8-9,11,13,15,18H,7,10,12,14,16H2,1H3,(H,30,34)(H,27,28,29);2-4,6-7,13H,5,8-11,16H2,1H3,(H,17,18);1-5H;1H/t18-,25+;13-,15+;;/m11../s1. The van der Waals surface area contributed by atoms with E-state index >= 15 is 0 Å². The van der Waals surface area contributed by atoms with Crippen LogP contribution < -0.4 is 21.7 Å². The number of halogens is 4. The van der Waals surface area contributed by atoms with Crippen molar-refractivity contribution in [3.63, 3.8) is 0 Å². The lowest BCUT2D eigenvalue weighted by atomic mass is 9.80. The number of nitrogens with zero attached hydrogens (tertiary/aromatic N) is 10. The lowest BCUT2D eigenvalue weighted by molar-refractivity contribution is 0.118. The number of aromatic nitrogens is 10. The van der Waals surface area contributed by atoms with Gasteiger partial charge >= 0.3 is 12.2 Å². The van der Waals surface area contributed by atoms with Gasteiger partial charge in [-0.05, 0) is 112 Å². The van der Waals surface area contributed by atoms with E-state index in [1.807, 2.05) is 128 Å². The highest BCUT2D eigenvalue weighted by Gasteiger charge is 2.35. The molecule has 22 heteroatoms. The first-order valence-electron chi connectivity index (χ1n) is 23.1. The van der Waals surface area contributed by atoms with Crippen LogP contribution in [0.25, 0.3) is 34.3 Å². The highest BCUT2D eigenvalue weighted by Crippen LogP contribution is 2.32. The third kappa shape index (κ3) is 14.3. The molecule has 2 fully saturated rings. The zero-order chi connectivity index (χ0) is 49.8. The van der Waals surface area contributed by atoms with Gasteiger partial charge in [-0.25, -0.2) is 29.5 Å². The van der Waals surface area contributed by atoms with Crippen molar-refractivity contribution in [3.8, 4) is 23.0 Å². The summed E-state index contributed by atoms with van der Waals surface area (Å²) in [5.74, 6) is 1.54. The number of fused-ring (bicyclic) bond motifs is 2. The van der Waals surface area contributed by atoms with E-state index in [1.165, 1.54) is 6.20 Å². The summed E-state index contributed by atoms with van der Waals surface area (Å²) in [5.41, 5.74) is 9.66. The molecule has 2 aromatic carbocycles. The Balaban J connectivity index is 0.000000173. The molecule has 0 bridgehead atoms. The summed E-state index contributed by atoms with van der Waals surface area (Å²) >= 11 is 18.2. The largest absolute Gasteiger partial charge is 0.445 e. The van der Waals surface area contributed by atoms with Crippen LogP contribution in [0.15, 0.2) is 122 Å². The van der Waals surface area contributed by atoms with Crippen LogP contribution in [-0.2, 0) is 22.7 Å². The molecular weight excluding hydrogens is 1000 g/mol. The summed E-state index contributed by atoms with van der Waals surface area (Å²) in [6.07, 6.45) is 13.2. The van der Waals surface area contributed by atoms with Crippen molar-refractivity contribution in [3.05, 3.63) is 148 Å². The maximum absolute atomic E-state index is 12.5. The second kappa shape index (κ2) is 24.6. The van der Waals surface area contributed by atoms with Crippen LogP contribution in [0.3, 0.4) is 0 Å². The van der Waals surface area contributed by atoms with Gasteiger partial charge in [0.2, 0.25) is 11.2 Å². The predicted molar refractivity (Wildman–Crippen MR) is 279 cm³/mol. The quantitative estimate of drug-likeness (QED) is 0.0935. The number of amides is 2. The van der Waals surface area contributed by atoms with Gasteiger partial charge in [0.15, 0.2) is 22.9 Å². The van der Waals surface area contributed by atoms with Crippen molar-refractivity contribution >= 4 is 76.6 Å². The minimum Gasteiger partial charge on any atom is -0.445 e. The molecule has 0 saturated heterocycles. The molecule has 2 aliphatic carbocycles. The van der Waals surface area contributed by atoms with Crippen LogP contribution in [0.4, 0.5) is 15.5 Å². The van der Waals surface area contributed by atoms with Crippen molar-refractivity contribution in [2.24, 2.45) is 5.73 Å². The molecule has 72 heavy (non-hydrogen) atoms. The number of hydrogen-bond acceptors (Lipinski definition) is 14. The fourth-order valence-corrected chi connectivity index (χ4v) is 9.15. The average molecular weight is 1060 g/mol. The van der Waals surface area contributed by atoms with Gasteiger partial charge in [-0.15, -0.1) is 32.8 Å². The number of nitrogens with one attached hydrogen (secondary N) is 3. The Bertz CT molecular complexity index is 3060. The highest BCUT2D eigenvalue weighted by atomic mass is 35.5. The number of pyridine rings is 2. The maximum atomic E-state index is 12.5. The van der Waals surface area contributed by atoms with Gasteiger partial charge in [0.05, 0.1) is 22.4 Å². The fraction of sp³-hybridized carbons (Fsp3) is 0.320. The van der Waals surface area contributed by atoms with Gasteiger partial charge < -0.3 is 31.2 Å². The topological polar surface area (TPSA) is 227 Å². The second-order valence-electron chi connectivity index (χ2n) is 17.9. The zero-order valence-electron chi connectivity index (χ0n) is 39.5. The molecule has 6 heterocycles. The molecule has 2 saturated carbocycles. The summed E-state index contributed by atoms with van der Waals surface area (Å²) in [7, 11) is 0. The van der Waals surface area contributed by atoms with Crippen LogP contribution in [-0.4, -0.2) is 84.5 Å². The van der Waals surface area contributed by atoms with E-state index in [9.17, 15) is 9.59 Å². The third-order valence-corrected chi connectivity index (χ3v) is 12.8. The lowest BCUT2D eigenvalue weighted by Gasteiger charge is -2.38. The fourth-order valence-electron chi connectivity index (χ4n) is 8.67. The number of benzene rings is 2. The molecule has 0 aliphatic heterocycles. The van der Waals surface area contributed by atoms with Crippen LogP contribution in [0.1, 0.15) is 76.3 Å². The minimum atomic E-state index is -0.416. The van der Waals surface area contributed by atoms with Crippen molar-refractivity contribution < 1.29 is 19.1 Å². The molecule has 0 spiro atoms. The first kappa shape index (κ1) is 53.1. The first-order chi connectivity index (χ1) is 34.3. The molecule has 18 nitrogen and oxygen atoms in total. The van der Waals surface area contributed by atoms with Crippen molar-refractivity contribution in [2.45, 2.75) is 102 Å². The van der Waals surface area contributed by atoms with Crippen LogP contribution in [0.2, 0.25) is 15.3 Å². The molecule has 4 atom stereocenters. The predicted octanol–water partition coefficient (Wildman–Crippen LogP) is 10.4. The first-order valence-corrected chi connectivity index (χ1v) is 24.3. The molecule has 376 valence electrons. The Labute approximate surface area is 437 Å². The molecule has 0 unspecified atom stereocenters. The van der Waals surface area contributed by atoms with Crippen molar-refractivity contribution in [1.82, 2.24) is 59.8 Å². The Morgan fingerprint density at radius 1 is 0.653 bits per heavy atom. The second-order valence-corrected chi connectivity index (χ2v) is 19.1. The molecule has 6 aromatic heterocycles. The van der Waals surface area contributed by atoms with E-state index in [0.29, 0.717) is 63.4 Å². The van der Waals surface area contributed by atoms with Gasteiger partial charge in [0, 0.05) is 35.6 Å². The van der Waals surface area contributed by atoms with E-state index < -0.39 is 11.6 Å². The van der Waals surface area contributed by atoms with E-state index in [0.717, 1.165) is 56.1 Å². The lowest BCUT2D eigenvalue weighted by Crippen LogP contribution is -2.51. The number of nitrogens with two attached hydrogens (primary N) is 1. The number of carbonyl (C=O) groups excluding carboxylic acids is 2. The van der Waals surface area contributed by atoms with E-state index in [-0.39, 0.29) is 48.0 Å². The molecule has 10 rings (SSSR count). The number of ether oxygens (including phenoxy) is 2. The molecule has 2 amide bonds. The third-order valence-electron chi connectivity index (χ3n) is 12.1. The van der Waals surface area contributed by atoms with Crippen LogP contribution in [0, 0.1) is 0 Å². The Hall–Kier alpha value is -6.70. The van der Waals surface area contributed by atoms with Crippen LogP contribution >= 0.6 is 47.2 Å². The van der Waals surface area contributed by atoms with Crippen molar-refractivity contribution in [1.29, 1.82) is 0 Å². The highest BCUT2D eigenvalue weighted by molar-refractivity contribution is 6.33. The van der Waals surface area contributed by atoms with Gasteiger partial charge in [-0.1, -0.05) is 96.0 Å². The SMILES string of the molecule is C[C@]1(NC(=O)OCc2ccccc2)CCC[C@@H](N)C1.C[C@]1(NC(=O)OCc2ccccc2)CCC[C@@H](Nc2ncc(Cl)c(-c3nnc4ccccn34)n2)C1.Cl.Clc1ncc(Cl)c(-c2nnc3ccccn23)n1. The van der Waals surface area contributed by atoms with Gasteiger partial charge in [0.25, 0.3) is 0 Å². The smallest absolute Gasteiger partial charge is 0.407 e. The molecule has 0 radical (unpaired) electrons. The average Bonchev–Trinajstić information content (AvgIpc) is 4.00. The van der Waals surface area contributed by atoms with Crippen molar-refractivity contribution in [2.75, 3.05) is 5.32 Å². The summed E-state index contributed by atoms with van der Waals surface area (Å²) in [6, 6.07) is 30.8. The van der Waals surface area contributed by atoms with Gasteiger partial charge in [-0.2, -0.15) is 0 Å². The van der Waals surface area contributed by atoms with E-state index in [2.05, 4.69) is 56.3 Å².